The number of hydrogen-bond donors (Lipinski definition) is 2. The van der Waals surface area contributed by atoms with E-state index in [1.54, 1.807) is 12.2 Å². The Morgan fingerprint density at radius 1 is 0.917 bits per heavy atom. The molecule has 0 atom stereocenters. The zero-order chi connectivity index (χ0) is 18.3. The van der Waals surface area contributed by atoms with Crippen molar-refractivity contribution in [3.63, 3.8) is 0 Å². The van der Waals surface area contributed by atoms with Gasteiger partial charge in [-0.25, -0.2) is 0 Å². The van der Waals surface area contributed by atoms with Gasteiger partial charge in [-0.05, 0) is 32.1 Å². The van der Waals surface area contributed by atoms with E-state index in [0.717, 1.165) is 57.8 Å². The van der Waals surface area contributed by atoms with Gasteiger partial charge in [-0.3, -0.25) is 9.35 Å². The summed E-state index contributed by atoms with van der Waals surface area (Å²) in [7, 11) is -4.10. The van der Waals surface area contributed by atoms with E-state index in [4.69, 9.17) is 5.11 Å². The molecule has 0 fully saturated rings. The van der Waals surface area contributed by atoms with Crippen molar-refractivity contribution in [1.29, 1.82) is 0 Å². The van der Waals surface area contributed by atoms with E-state index in [9.17, 15) is 17.8 Å². The molecule has 0 aliphatic carbocycles. The molecule has 0 spiro atoms. The average molecular weight is 361 g/mol. The summed E-state index contributed by atoms with van der Waals surface area (Å²) >= 11 is 0. The monoisotopic (exact) mass is 360 g/mol. The highest BCUT2D eigenvalue weighted by molar-refractivity contribution is 7.89. The molecule has 0 aromatic carbocycles. The molecule has 0 aromatic heterocycles. The third-order valence-electron chi connectivity index (χ3n) is 3.76. The Kier molecular flexibility index (Phi) is 13.5. The fraction of sp³-hybridized carbons (Fsp3) is 0.722. The molecule has 140 valence electrons. The highest BCUT2D eigenvalue weighted by atomic mass is 32.2. The number of aliphatic carboxylic acids is 1. The molecule has 6 heteroatoms. The van der Waals surface area contributed by atoms with Crippen molar-refractivity contribution < 1.29 is 22.9 Å². The third kappa shape index (κ3) is 14.5. The van der Waals surface area contributed by atoms with Crippen LogP contribution in [0.4, 0.5) is 0 Å². The van der Waals surface area contributed by atoms with Gasteiger partial charge in [0.25, 0.3) is 10.1 Å². The van der Waals surface area contributed by atoms with E-state index in [-0.39, 0.29) is 17.7 Å². The van der Waals surface area contributed by atoms with Crippen LogP contribution >= 0.6 is 0 Å². The summed E-state index contributed by atoms with van der Waals surface area (Å²) in [5.41, 5.74) is 0. The first-order valence-corrected chi connectivity index (χ1v) is 10.3. The fourth-order valence-electron chi connectivity index (χ4n) is 2.34. The van der Waals surface area contributed by atoms with E-state index in [0.29, 0.717) is 6.42 Å². The number of carbonyl (C=O) groups is 1. The quantitative estimate of drug-likeness (QED) is 0.241. The topological polar surface area (TPSA) is 91.7 Å². The molecule has 24 heavy (non-hydrogen) atoms. The summed E-state index contributed by atoms with van der Waals surface area (Å²) in [6.45, 7) is 2.09. The first kappa shape index (κ1) is 22.9. The van der Waals surface area contributed by atoms with Crippen LogP contribution in [-0.2, 0) is 14.9 Å². The zero-order valence-corrected chi connectivity index (χ0v) is 15.6. The Bertz CT molecular complexity index is 492. The minimum absolute atomic E-state index is 0.0866. The molecular formula is C18H32O5S. The molecule has 0 bridgehead atoms. The molecule has 5 nitrogen and oxygen atoms in total. The average Bonchev–Trinajstić information content (AvgIpc) is 2.49. The maximum absolute atomic E-state index is 11.3. The van der Waals surface area contributed by atoms with Gasteiger partial charge in [-0.15, -0.1) is 0 Å². The Balaban J connectivity index is 3.92. The Morgan fingerprint density at radius 3 is 2.17 bits per heavy atom. The van der Waals surface area contributed by atoms with Gasteiger partial charge in [0.2, 0.25) is 0 Å². The number of carboxylic acid groups (broad SMARTS) is 1. The van der Waals surface area contributed by atoms with Crippen LogP contribution in [0.1, 0.15) is 84.0 Å². The SMILES string of the molecule is CCCCC/C=C(\C/C=C\CCCCCCCC(=O)O)S(=O)(=O)O. The summed E-state index contributed by atoms with van der Waals surface area (Å²) in [5, 5.41) is 8.52. The van der Waals surface area contributed by atoms with Crippen molar-refractivity contribution in [3.05, 3.63) is 23.1 Å². The number of hydrogen-bond acceptors (Lipinski definition) is 3. The number of allylic oxidation sites excluding steroid dienone is 4. The molecule has 0 aliphatic rings. The predicted molar refractivity (Wildman–Crippen MR) is 97.5 cm³/mol. The van der Waals surface area contributed by atoms with Crippen molar-refractivity contribution in [2.75, 3.05) is 0 Å². The van der Waals surface area contributed by atoms with Gasteiger partial charge < -0.3 is 5.11 Å². The molecule has 0 amide bonds. The van der Waals surface area contributed by atoms with E-state index >= 15 is 0 Å². The lowest BCUT2D eigenvalue weighted by Gasteiger charge is -2.01. The number of rotatable bonds is 15. The van der Waals surface area contributed by atoms with Crippen LogP contribution in [0.5, 0.6) is 0 Å². The highest BCUT2D eigenvalue weighted by Gasteiger charge is 2.11. The largest absolute Gasteiger partial charge is 0.481 e. The predicted octanol–water partition coefficient (Wildman–Crippen LogP) is 5.10. The first-order chi connectivity index (χ1) is 11.4. The molecule has 2 N–H and O–H groups in total. The Labute approximate surface area is 146 Å². The summed E-state index contributed by atoms with van der Waals surface area (Å²) in [6, 6.07) is 0. The molecule has 0 aromatic rings. The second-order valence-electron chi connectivity index (χ2n) is 6.02. The summed E-state index contributed by atoms with van der Waals surface area (Å²) in [6.07, 6.45) is 15.2. The lowest BCUT2D eigenvalue weighted by Crippen LogP contribution is -2.01. The van der Waals surface area contributed by atoms with Gasteiger partial charge in [-0.2, -0.15) is 8.42 Å². The van der Waals surface area contributed by atoms with Gasteiger partial charge in [0.1, 0.15) is 0 Å². The van der Waals surface area contributed by atoms with Crippen molar-refractivity contribution in [1.82, 2.24) is 0 Å². The van der Waals surface area contributed by atoms with Crippen LogP contribution in [0.3, 0.4) is 0 Å². The summed E-state index contributed by atoms with van der Waals surface area (Å²) in [5.74, 6) is -0.740. The Morgan fingerprint density at radius 2 is 1.54 bits per heavy atom. The van der Waals surface area contributed by atoms with Crippen LogP contribution < -0.4 is 0 Å². The van der Waals surface area contributed by atoms with E-state index in [1.165, 1.54) is 0 Å². The van der Waals surface area contributed by atoms with Crippen LogP contribution in [-0.4, -0.2) is 24.0 Å². The summed E-state index contributed by atoms with van der Waals surface area (Å²) in [4.78, 5) is 10.4. The second-order valence-corrected chi connectivity index (χ2v) is 7.49. The van der Waals surface area contributed by atoms with Crippen LogP contribution in [0.25, 0.3) is 0 Å². The number of carboxylic acids is 1. The Hall–Kier alpha value is -1.14. The molecule has 0 rings (SSSR count). The van der Waals surface area contributed by atoms with Gasteiger partial charge >= 0.3 is 5.97 Å². The molecule has 0 saturated heterocycles. The van der Waals surface area contributed by atoms with Gasteiger partial charge in [0.05, 0.1) is 4.91 Å². The maximum atomic E-state index is 11.3. The van der Waals surface area contributed by atoms with Gasteiger partial charge in [-0.1, -0.05) is 57.3 Å². The molecule has 0 unspecified atom stereocenters. The maximum Gasteiger partial charge on any atom is 0.303 e. The second kappa shape index (κ2) is 14.2. The highest BCUT2D eigenvalue weighted by Crippen LogP contribution is 2.14. The van der Waals surface area contributed by atoms with E-state index in [2.05, 4.69) is 6.92 Å². The lowest BCUT2D eigenvalue weighted by molar-refractivity contribution is -0.137. The van der Waals surface area contributed by atoms with Crippen molar-refractivity contribution >= 4 is 16.1 Å². The fourth-order valence-corrected chi connectivity index (χ4v) is 2.97. The molecule has 0 saturated carbocycles. The molecule has 0 radical (unpaired) electrons. The molecule has 0 heterocycles. The normalized spacial score (nSPS) is 12.8. The van der Waals surface area contributed by atoms with Crippen LogP contribution in [0.2, 0.25) is 0 Å². The van der Waals surface area contributed by atoms with Crippen molar-refractivity contribution in [2.45, 2.75) is 84.0 Å². The zero-order valence-electron chi connectivity index (χ0n) is 14.7. The lowest BCUT2D eigenvalue weighted by atomic mass is 10.1. The summed E-state index contributed by atoms with van der Waals surface area (Å²) < 4.78 is 31.9. The minimum Gasteiger partial charge on any atom is -0.481 e. The van der Waals surface area contributed by atoms with Gasteiger partial charge in [0.15, 0.2) is 0 Å². The van der Waals surface area contributed by atoms with Crippen molar-refractivity contribution in [3.8, 4) is 0 Å². The van der Waals surface area contributed by atoms with Gasteiger partial charge in [0, 0.05) is 12.8 Å². The van der Waals surface area contributed by atoms with E-state index in [1.807, 2.05) is 6.08 Å². The third-order valence-corrected chi connectivity index (χ3v) is 4.75. The first-order valence-electron chi connectivity index (χ1n) is 8.91. The van der Waals surface area contributed by atoms with E-state index < -0.39 is 16.1 Å². The smallest absolute Gasteiger partial charge is 0.303 e. The molecular weight excluding hydrogens is 328 g/mol. The van der Waals surface area contributed by atoms with Crippen LogP contribution in [0.15, 0.2) is 23.1 Å². The van der Waals surface area contributed by atoms with Crippen LogP contribution in [0, 0.1) is 0 Å². The van der Waals surface area contributed by atoms with Crippen molar-refractivity contribution in [2.24, 2.45) is 0 Å². The standard InChI is InChI=1S/C18H32O5S/c1-2-3-4-11-14-17(24(21,22)23)15-12-9-7-5-6-8-10-13-16-18(19)20/h9,12,14H,2-8,10-11,13,15-16H2,1H3,(H,19,20)(H,21,22,23)/b12-9-,17-14+. The minimum atomic E-state index is -4.10. The number of unbranched alkanes of at least 4 members (excludes halogenated alkanes) is 8. The molecule has 0 aliphatic heterocycles.